The third kappa shape index (κ3) is 3.87. The predicted octanol–water partition coefficient (Wildman–Crippen LogP) is 5.25. The van der Waals surface area contributed by atoms with Crippen molar-refractivity contribution in [2.45, 2.75) is 13.5 Å². The lowest BCUT2D eigenvalue weighted by atomic mass is 10.2. The molecule has 0 spiro atoms. The van der Waals surface area contributed by atoms with Crippen LogP contribution in [-0.2, 0) is 6.54 Å². The fraction of sp³-hybridized carbons (Fsp3) is 0.200. The normalized spacial score (nSPS) is 10.4. The summed E-state index contributed by atoms with van der Waals surface area (Å²) < 4.78 is 19.8. The molecule has 0 aliphatic heterocycles. The van der Waals surface area contributed by atoms with Crippen molar-refractivity contribution in [3.63, 3.8) is 0 Å². The van der Waals surface area contributed by atoms with Crippen LogP contribution in [0, 0.1) is 5.82 Å². The summed E-state index contributed by atoms with van der Waals surface area (Å²) in [5.41, 5.74) is 1.62. The number of halogens is 3. The van der Waals surface area contributed by atoms with Crippen LogP contribution in [0.4, 0.5) is 10.1 Å². The van der Waals surface area contributed by atoms with Crippen molar-refractivity contribution in [1.29, 1.82) is 0 Å². The lowest BCUT2D eigenvalue weighted by Gasteiger charge is -2.10. The van der Waals surface area contributed by atoms with Crippen LogP contribution >= 0.6 is 27.5 Å². The molecule has 2 aromatic rings. The quantitative estimate of drug-likeness (QED) is 0.788. The van der Waals surface area contributed by atoms with E-state index in [0.717, 1.165) is 10.0 Å². The molecule has 0 radical (unpaired) electrons. The Balaban J connectivity index is 2.07. The predicted molar refractivity (Wildman–Crippen MR) is 84.0 cm³/mol. The molecule has 2 aromatic carbocycles. The number of rotatable bonds is 5. The minimum Gasteiger partial charge on any atom is -0.491 e. The molecule has 2 rings (SSSR count). The molecule has 0 amide bonds. The monoisotopic (exact) mass is 357 g/mol. The van der Waals surface area contributed by atoms with Crippen LogP contribution in [0.3, 0.4) is 0 Å². The third-order valence-electron chi connectivity index (χ3n) is 2.72. The van der Waals surface area contributed by atoms with Crippen molar-refractivity contribution in [3.05, 3.63) is 57.3 Å². The van der Waals surface area contributed by atoms with Gasteiger partial charge in [0.25, 0.3) is 0 Å². The van der Waals surface area contributed by atoms with E-state index < -0.39 is 0 Å². The van der Waals surface area contributed by atoms with Crippen molar-refractivity contribution in [2.24, 2.45) is 0 Å². The molecule has 5 heteroatoms. The van der Waals surface area contributed by atoms with Crippen LogP contribution in [-0.4, -0.2) is 6.61 Å². The van der Waals surface area contributed by atoms with E-state index in [4.69, 9.17) is 16.3 Å². The first-order valence-electron chi connectivity index (χ1n) is 6.20. The topological polar surface area (TPSA) is 21.3 Å². The van der Waals surface area contributed by atoms with Gasteiger partial charge < -0.3 is 10.1 Å². The second-order valence-electron chi connectivity index (χ2n) is 4.17. The summed E-state index contributed by atoms with van der Waals surface area (Å²) in [5, 5.41) is 3.81. The van der Waals surface area contributed by atoms with Crippen LogP contribution in [0.5, 0.6) is 5.75 Å². The van der Waals surface area contributed by atoms with Crippen LogP contribution in [0.1, 0.15) is 12.5 Å². The Morgan fingerprint density at radius 3 is 2.75 bits per heavy atom. The fourth-order valence-corrected chi connectivity index (χ4v) is 2.35. The molecule has 0 bridgehead atoms. The zero-order chi connectivity index (χ0) is 14.5. The van der Waals surface area contributed by atoms with E-state index in [-0.39, 0.29) is 11.6 Å². The lowest BCUT2D eigenvalue weighted by Crippen LogP contribution is -2.01. The van der Waals surface area contributed by atoms with Gasteiger partial charge in [0.05, 0.1) is 6.61 Å². The molecule has 0 saturated heterocycles. The molecule has 0 unspecified atom stereocenters. The highest BCUT2D eigenvalue weighted by Crippen LogP contribution is 2.24. The van der Waals surface area contributed by atoms with Crippen LogP contribution in [0.15, 0.2) is 40.9 Å². The largest absolute Gasteiger partial charge is 0.491 e. The maximum atomic E-state index is 13.7. The Labute approximate surface area is 131 Å². The van der Waals surface area contributed by atoms with Crippen molar-refractivity contribution in [2.75, 3.05) is 11.9 Å². The maximum absolute atomic E-state index is 13.7. The number of nitrogens with one attached hydrogen (secondary N) is 1. The van der Waals surface area contributed by atoms with E-state index in [1.165, 1.54) is 6.07 Å². The highest BCUT2D eigenvalue weighted by atomic mass is 79.9. The van der Waals surface area contributed by atoms with Gasteiger partial charge in [-0.2, -0.15) is 0 Å². The molecule has 0 saturated carbocycles. The van der Waals surface area contributed by atoms with E-state index in [2.05, 4.69) is 21.2 Å². The molecule has 20 heavy (non-hydrogen) atoms. The summed E-state index contributed by atoms with van der Waals surface area (Å²) in [5.74, 6) is -0.115. The molecule has 0 aromatic heterocycles. The lowest BCUT2D eigenvalue weighted by molar-refractivity contribution is 0.321. The van der Waals surface area contributed by atoms with Gasteiger partial charge in [-0.3, -0.25) is 0 Å². The van der Waals surface area contributed by atoms with Gasteiger partial charge in [-0.1, -0.05) is 27.5 Å². The number of anilines is 1. The number of benzene rings is 2. The molecule has 0 fully saturated rings. The Kier molecular flexibility index (Phi) is 5.26. The minimum atomic E-state index is -0.378. The van der Waals surface area contributed by atoms with Crippen molar-refractivity contribution >= 4 is 33.2 Å². The Morgan fingerprint density at radius 2 is 2.05 bits per heavy atom. The fourth-order valence-electron chi connectivity index (χ4n) is 1.76. The average Bonchev–Trinajstić information content (AvgIpc) is 2.43. The summed E-state index contributed by atoms with van der Waals surface area (Å²) in [6, 6.07) is 10.4. The highest BCUT2D eigenvalue weighted by molar-refractivity contribution is 9.10. The van der Waals surface area contributed by atoms with E-state index in [9.17, 15) is 4.39 Å². The van der Waals surface area contributed by atoms with Gasteiger partial charge in [0, 0.05) is 27.8 Å². The van der Waals surface area contributed by atoms with Crippen LogP contribution in [0.25, 0.3) is 0 Å². The first kappa shape index (κ1) is 15.1. The van der Waals surface area contributed by atoms with Crippen molar-refractivity contribution in [1.82, 2.24) is 0 Å². The molecule has 0 aliphatic rings. The van der Waals surface area contributed by atoms with Crippen LogP contribution in [0.2, 0.25) is 5.02 Å². The highest BCUT2D eigenvalue weighted by Gasteiger charge is 2.05. The average molecular weight is 359 g/mol. The summed E-state index contributed by atoms with van der Waals surface area (Å²) in [6.45, 7) is 2.78. The van der Waals surface area contributed by atoms with Gasteiger partial charge in [0.15, 0.2) is 11.6 Å². The van der Waals surface area contributed by atoms with E-state index >= 15 is 0 Å². The summed E-state index contributed by atoms with van der Waals surface area (Å²) in [4.78, 5) is 0. The van der Waals surface area contributed by atoms with Crippen molar-refractivity contribution < 1.29 is 9.13 Å². The summed E-state index contributed by atoms with van der Waals surface area (Å²) in [6.07, 6.45) is 0. The van der Waals surface area contributed by atoms with E-state index in [1.54, 1.807) is 12.1 Å². The van der Waals surface area contributed by atoms with Gasteiger partial charge in [-0.05, 0) is 42.8 Å². The summed E-state index contributed by atoms with van der Waals surface area (Å²) in [7, 11) is 0. The second kappa shape index (κ2) is 6.95. The molecule has 1 N–H and O–H groups in total. The van der Waals surface area contributed by atoms with Crippen LogP contribution < -0.4 is 10.1 Å². The molecular formula is C15H14BrClFNO. The van der Waals surface area contributed by atoms with E-state index in [1.807, 2.05) is 25.1 Å². The minimum absolute atomic E-state index is 0.263. The number of hydrogen-bond donors (Lipinski definition) is 1. The van der Waals surface area contributed by atoms with Gasteiger partial charge >= 0.3 is 0 Å². The second-order valence-corrected chi connectivity index (χ2v) is 5.49. The van der Waals surface area contributed by atoms with Crippen molar-refractivity contribution in [3.8, 4) is 5.75 Å². The molecular weight excluding hydrogens is 345 g/mol. The number of ether oxygens (including phenoxy) is 1. The Morgan fingerprint density at radius 1 is 1.25 bits per heavy atom. The van der Waals surface area contributed by atoms with Gasteiger partial charge in [0.1, 0.15) is 0 Å². The number of hydrogen-bond acceptors (Lipinski definition) is 2. The van der Waals surface area contributed by atoms with E-state index in [0.29, 0.717) is 23.9 Å². The molecule has 0 aliphatic carbocycles. The smallest absolute Gasteiger partial charge is 0.167 e. The zero-order valence-electron chi connectivity index (χ0n) is 10.9. The SMILES string of the molecule is CCOc1ccc(NCc2cc(Br)ccc2Cl)cc1F. The first-order chi connectivity index (χ1) is 9.60. The molecule has 2 nitrogen and oxygen atoms in total. The summed E-state index contributed by atoms with van der Waals surface area (Å²) >= 11 is 9.50. The van der Waals surface area contributed by atoms with Gasteiger partial charge in [0.2, 0.25) is 0 Å². The molecule has 0 atom stereocenters. The molecule has 106 valence electrons. The first-order valence-corrected chi connectivity index (χ1v) is 7.37. The maximum Gasteiger partial charge on any atom is 0.167 e. The Bertz CT molecular complexity index is 606. The van der Waals surface area contributed by atoms with Gasteiger partial charge in [-0.25, -0.2) is 4.39 Å². The molecule has 0 heterocycles. The Hall–Kier alpha value is -1.26. The standard InChI is InChI=1S/C15H14BrClFNO/c1-2-20-15-6-4-12(8-14(15)18)19-9-10-7-11(16)3-5-13(10)17/h3-8,19H,2,9H2,1H3. The zero-order valence-corrected chi connectivity index (χ0v) is 13.3. The van der Waals surface area contributed by atoms with Gasteiger partial charge in [-0.15, -0.1) is 0 Å². The third-order valence-corrected chi connectivity index (χ3v) is 3.58.